The summed E-state index contributed by atoms with van der Waals surface area (Å²) in [6, 6.07) is 12.3. The molecule has 2 aromatic heterocycles. The third-order valence-corrected chi connectivity index (χ3v) is 5.35. The molecule has 6 N–H and O–H groups in total. The van der Waals surface area contributed by atoms with Gasteiger partial charge in [-0.25, -0.2) is 19.2 Å². The molecule has 196 valence electrons. The van der Waals surface area contributed by atoms with Gasteiger partial charge in [-0.1, -0.05) is 30.3 Å². The number of halogens is 1. The second kappa shape index (κ2) is 13.0. The van der Waals surface area contributed by atoms with Gasteiger partial charge in [-0.15, -0.1) is 0 Å². The van der Waals surface area contributed by atoms with Gasteiger partial charge in [-0.3, -0.25) is 4.79 Å². The van der Waals surface area contributed by atoms with Crippen LogP contribution in [0.15, 0.2) is 54.7 Å². The number of methoxy groups -OCH3 is 1. The van der Waals surface area contributed by atoms with Gasteiger partial charge >= 0.3 is 6.09 Å². The summed E-state index contributed by atoms with van der Waals surface area (Å²) in [7, 11) is 1.55. The number of rotatable bonds is 13. The molecule has 0 saturated heterocycles. The molecule has 0 bridgehead atoms. The van der Waals surface area contributed by atoms with Crippen molar-refractivity contribution in [1.82, 2.24) is 15.3 Å². The van der Waals surface area contributed by atoms with Crippen LogP contribution in [0.5, 0.6) is 5.88 Å². The van der Waals surface area contributed by atoms with Crippen LogP contribution >= 0.6 is 0 Å². The molecule has 2 heterocycles. The Kier molecular flexibility index (Phi) is 9.55. The first-order valence-corrected chi connectivity index (χ1v) is 11.4. The number of primary amides is 1. The van der Waals surface area contributed by atoms with Crippen molar-refractivity contribution < 1.29 is 28.6 Å². The van der Waals surface area contributed by atoms with Crippen molar-refractivity contribution in [1.29, 1.82) is 0 Å². The molecule has 0 saturated carbocycles. The molecule has 0 aliphatic rings. The van der Waals surface area contributed by atoms with E-state index in [4.69, 9.17) is 15.2 Å². The minimum Gasteiger partial charge on any atom is -0.475 e. The monoisotopic (exact) mass is 512 g/mol. The summed E-state index contributed by atoms with van der Waals surface area (Å²) in [6.07, 6.45) is 0.649. The Balaban J connectivity index is 1.90. The van der Waals surface area contributed by atoms with Crippen molar-refractivity contribution in [2.45, 2.75) is 25.4 Å². The van der Waals surface area contributed by atoms with E-state index in [1.807, 2.05) is 30.3 Å². The summed E-state index contributed by atoms with van der Waals surface area (Å²) in [4.78, 5) is 31.7. The highest BCUT2D eigenvalue weighted by atomic mass is 19.1. The number of benzene rings is 1. The molecule has 0 spiro atoms. The zero-order valence-corrected chi connectivity index (χ0v) is 20.4. The van der Waals surface area contributed by atoms with Gasteiger partial charge in [0.25, 0.3) is 5.91 Å². The van der Waals surface area contributed by atoms with Crippen molar-refractivity contribution in [3.63, 3.8) is 0 Å². The van der Waals surface area contributed by atoms with Crippen LogP contribution < -0.4 is 26.4 Å². The maximum absolute atomic E-state index is 15.1. The Labute approximate surface area is 213 Å². The number of hydrogen-bond acceptors (Lipinski definition) is 8. The number of carboxylic acid groups (broad SMARTS) is 1. The highest BCUT2D eigenvalue weighted by Crippen LogP contribution is 2.26. The first-order valence-electron chi connectivity index (χ1n) is 11.4. The Bertz CT molecular complexity index is 1210. The SMILES string of the molecule is COCCOc1cc(Nc2nc(N[C@H](Cc3ccccc3)[C@H](C)NC(=O)O)c(F)cc2C(N)=O)ccn1. The number of carbonyl (C=O) groups excluding carboxylic acids is 1. The lowest BCUT2D eigenvalue weighted by molar-refractivity contribution is 0.1000. The second-order valence-corrected chi connectivity index (χ2v) is 8.11. The van der Waals surface area contributed by atoms with E-state index in [0.717, 1.165) is 11.6 Å². The summed E-state index contributed by atoms with van der Waals surface area (Å²) in [5.41, 5.74) is 6.68. The topological polar surface area (TPSA) is 161 Å². The molecular formula is C25H29FN6O5. The van der Waals surface area contributed by atoms with Gasteiger partial charge in [-0.2, -0.15) is 0 Å². The van der Waals surface area contributed by atoms with Crippen LogP contribution in [0.2, 0.25) is 0 Å². The summed E-state index contributed by atoms with van der Waals surface area (Å²) in [5, 5.41) is 17.5. The summed E-state index contributed by atoms with van der Waals surface area (Å²) < 4.78 is 25.5. The van der Waals surface area contributed by atoms with Crippen molar-refractivity contribution in [3.8, 4) is 5.88 Å². The first kappa shape index (κ1) is 27.1. The molecular weight excluding hydrogens is 483 g/mol. The summed E-state index contributed by atoms with van der Waals surface area (Å²) in [6.45, 7) is 2.32. The standard InChI is InChI=1S/C25H29FN6O5/c1-15(29-25(34)35)20(12-16-6-4-3-5-7-16)31-24-19(26)14-18(22(27)33)23(32-24)30-17-8-9-28-21(13-17)37-11-10-36-2/h3-9,13-15,20,29H,10-12H2,1-2H3,(H2,27,33)(H,34,35)(H2,28,30,31,32)/t15-,20+/m0/s1. The Hall–Kier alpha value is -4.45. The summed E-state index contributed by atoms with van der Waals surface area (Å²) in [5.74, 6) is -1.58. The highest BCUT2D eigenvalue weighted by Gasteiger charge is 2.23. The predicted octanol–water partition coefficient (Wildman–Crippen LogP) is 3.16. The molecule has 0 unspecified atom stereocenters. The number of nitrogens with one attached hydrogen (secondary N) is 3. The molecule has 0 radical (unpaired) electrons. The minimum atomic E-state index is -1.21. The largest absolute Gasteiger partial charge is 0.475 e. The zero-order chi connectivity index (χ0) is 26.8. The fourth-order valence-electron chi connectivity index (χ4n) is 3.50. The van der Waals surface area contributed by atoms with Crippen LogP contribution in [0, 0.1) is 5.82 Å². The molecule has 2 amide bonds. The fraction of sp³-hybridized carbons (Fsp3) is 0.280. The molecule has 3 aromatic rings. The average molecular weight is 513 g/mol. The van der Waals surface area contributed by atoms with E-state index >= 15 is 4.39 Å². The third-order valence-electron chi connectivity index (χ3n) is 5.35. The predicted molar refractivity (Wildman–Crippen MR) is 136 cm³/mol. The van der Waals surface area contributed by atoms with Crippen LogP contribution in [0.1, 0.15) is 22.8 Å². The van der Waals surface area contributed by atoms with Gasteiger partial charge in [0, 0.05) is 31.1 Å². The molecule has 3 rings (SSSR count). The van der Waals surface area contributed by atoms with Crippen molar-refractivity contribution >= 4 is 29.3 Å². The van der Waals surface area contributed by atoms with E-state index in [2.05, 4.69) is 25.9 Å². The highest BCUT2D eigenvalue weighted by molar-refractivity contribution is 5.98. The maximum atomic E-state index is 15.1. The molecule has 12 heteroatoms. The van der Waals surface area contributed by atoms with Gasteiger partial charge in [-0.05, 0) is 31.0 Å². The molecule has 0 aliphatic carbocycles. The van der Waals surface area contributed by atoms with E-state index in [-0.39, 0.29) is 23.8 Å². The van der Waals surface area contributed by atoms with Gasteiger partial charge in [0.1, 0.15) is 12.4 Å². The van der Waals surface area contributed by atoms with Gasteiger partial charge < -0.3 is 36.3 Å². The zero-order valence-electron chi connectivity index (χ0n) is 20.4. The first-order chi connectivity index (χ1) is 17.8. The Morgan fingerprint density at radius 2 is 1.89 bits per heavy atom. The number of anilines is 3. The summed E-state index contributed by atoms with van der Waals surface area (Å²) >= 11 is 0. The quantitative estimate of drug-likeness (QED) is 0.217. The lowest BCUT2D eigenvalue weighted by atomic mass is 10.0. The van der Waals surface area contributed by atoms with Gasteiger partial charge in [0.2, 0.25) is 5.88 Å². The van der Waals surface area contributed by atoms with Crippen molar-refractivity contribution in [2.75, 3.05) is 31.0 Å². The van der Waals surface area contributed by atoms with Crippen LogP contribution in [0.4, 0.5) is 26.5 Å². The number of hydrogen-bond donors (Lipinski definition) is 5. The van der Waals surface area contributed by atoms with E-state index in [1.54, 1.807) is 26.2 Å². The number of ether oxygens (including phenoxy) is 2. The van der Waals surface area contributed by atoms with Crippen molar-refractivity contribution in [3.05, 3.63) is 71.7 Å². The lowest BCUT2D eigenvalue weighted by Gasteiger charge is -2.26. The average Bonchev–Trinajstić information content (AvgIpc) is 2.86. The lowest BCUT2D eigenvalue weighted by Crippen LogP contribution is -2.45. The van der Waals surface area contributed by atoms with E-state index in [0.29, 0.717) is 24.6 Å². The number of nitrogens with zero attached hydrogens (tertiary/aromatic N) is 2. The molecule has 37 heavy (non-hydrogen) atoms. The fourth-order valence-corrected chi connectivity index (χ4v) is 3.50. The number of nitrogens with two attached hydrogens (primary N) is 1. The maximum Gasteiger partial charge on any atom is 0.404 e. The second-order valence-electron chi connectivity index (χ2n) is 8.11. The van der Waals surface area contributed by atoms with Gasteiger partial charge in [0.15, 0.2) is 11.6 Å². The minimum absolute atomic E-state index is 0.00255. The number of pyridine rings is 2. The smallest absolute Gasteiger partial charge is 0.404 e. The van der Waals surface area contributed by atoms with E-state index < -0.39 is 29.9 Å². The Morgan fingerprint density at radius 1 is 1.14 bits per heavy atom. The molecule has 0 fully saturated rings. The molecule has 2 atom stereocenters. The van der Waals surface area contributed by atoms with Crippen molar-refractivity contribution in [2.24, 2.45) is 5.73 Å². The van der Waals surface area contributed by atoms with Crippen LogP contribution in [-0.4, -0.2) is 59.5 Å². The molecule has 1 aromatic carbocycles. The number of carbonyl (C=O) groups is 2. The van der Waals surface area contributed by atoms with Crippen LogP contribution in [0.25, 0.3) is 0 Å². The molecule has 0 aliphatic heterocycles. The van der Waals surface area contributed by atoms with E-state index in [1.165, 1.54) is 6.20 Å². The van der Waals surface area contributed by atoms with E-state index in [9.17, 15) is 14.7 Å². The number of amides is 2. The third kappa shape index (κ3) is 8.04. The van der Waals surface area contributed by atoms with Gasteiger partial charge in [0.05, 0.1) is 18.2 Å². The van der Waals surface area contributed by atoms with Crippen LogP contribution in [0.3, 0.4) is 0 Å². The number of aromatic nitrogens is 2. The molecule has 11 nitrogen and oxygen atoms in total. The normalized spacial score (nSPS) is 12.3. The van der Waals surface area contributed by atoms with Crippen LogP contribution in [-0.2, 0) is 11.2 Å². The Morgan fingerprint density at radius 3 is 2.57 bits per heavy atom.